The maximum absolute atomic E-state index is 5.72. The van der Waals surface area contributed by atoms with Crippen molar-refractivity contribution >= 4 is 31.9 Å². The normalized spacial score (nSPS) is 12.5. The molecule has 1 aromatic carbocycles. The van der Waals surface area contributed by atoms with E-state index in [2.05, 4.69) is 42.4 Å². The molecule has 1 atom stereocenters. The van der Waals surface area contributed by atoms with E-state index >= 15 is 0 Å². The Labute approximate surface area is 128 Å². The zero-order valence-electron chi connectivity index (χ0n) is 10.5. The van der Waals surface area contributed by atoms with E-state index in [9.17, 15) is 0 Å². The van der Waals surface area contributed by atoms with Crippen molar-refractivity contribution < 1.29 is 4.74 Å². The predicted molar refractivity (Wildman–Crippen MR) is 80.8 cm³/mol. The van der Waals surface area contributed by atoms with Crippen LogP contribution in [0.4, 0.5) is 0 Å². The lowest BCUT2D eigenvalue weighted by molar-refractivity contribution is 0.401. The van der Waals surface area contributed by atoms with Gasteiger partial charge in [0.1, 0.15) is 5.69 Å². The topological polar surface area (TPSA) is 65.1 Å². The third-order valence-electron chi connectivity index (χ3n) is 2.88. The van der Waals surface area contributed by atoms with Gasteiger partial charge in [0.2, 0.25) is 0 Å². The second kappa shape index (κ2) is 6.04. The molecule has 5 nitrogen and oxygen atoms in total. The van der Waals surface area contributed by atoms with Crippen molar-refractivity contribution in [2.75, 3.05) is 7.11 Å². The number of hydrogen-bond acceptors (Lipinski definition) is 4. The molecule has 1 unspecified atom stereocenters. The molecule has 0 aliphatic carbocycles. The Morgan fingerprint density at radius 1 is 1.42 bits per heavy atom. The van der Waals surface area contributed by atoms with Gasteiger partial charge in [0.15, 0.2) is 5.75 Å². The minimum absolute atomic E-state index is 0.218. The number of benzene rings is 1. The fourth-order valence-corrected chi connectivity index (χ4v) is 3.24. The van der Waals surface area contributed by atoms with E-state index in [-0.39, 0.29) is 6.04 Å². The quantitative estimate of drug-likeness (QED) is 0.622. The molecule has 0 saturated carbocycles. The smallest absolute Gasteiger partial charge is 0.161 e. The fourth-order valence-electron chi connectivity index (χ4n) is 1.96. The van der Waals surface area contributed by atoms with E-state index in [4.69, 9.17) is 10.6 Å². The van der Waals surface area contributed by atoms with Gasteiger partial charge in [-0.1, -0.05) is 37.9 Å². The number of nitrogens with one attached hydrogen (secondary N) is 1. The predicted octanol–water partition coefficient (Wildman–Crippen LogP) is 2.51. The van der Waals surface area contributed by atoms with Gasteiger partial charge in [-0.25, -0.2) is 5.43 Å². The van der Waals surface area contributed by atoms with Crippen LogP contribution in [0.1, 0.15) is 17.3 Å². The van der Waals surface area contributed by atoms with Crippen molar-refractivity contribution in [1.82, 2.24) is 15.2 Å². The first-order valence-electron chi connectivity index (χ1n) is 5.55. The van der Waals surface area contributed by atoms with Crippen LogP contribution in [-0.4, -0.2) is 16.9 Å². The van der Waals surface area contributed by atoms with Crippen LogP contribution in [0.2, 0.25) is 0 Å². The largest absolute Gasteiger partial charge is 0.493 e. The lowest BCUT2D eigenvalue weighted by Crippen LogP contribution is -2.31. The Hall–Kier alpha value is -0.890. The van der Waals surface area contributed by atoms with Gasteiger partial charge in [-0.15, -0.1) is 0 Å². The van der Waals surface area contributed by atoms with Crippen LogP contribution in [0.15, 0.2) is 33.3 Å². The molecule has 1 aromatic heterocycles. The van der Waals surface area contributed by atoms with Crippen molar-refractivity contribution in [2.24, 2.45) is 12.9 Å². The summed E-state index contributed by atoms with van der Waals surface area (Å²) in [6.45, 7) is 0. The summed E-state index contributed by atoms with van der Waals surface area (Å²) >= 11 is 6.98. The molecular weight excluding hydrogens is 376 g/mol. The van der Waals surface area contributed by atoms with Crippen LogP contribution in [0.3, 0.4) is 0 Å². The number of hydrazine groups is 1. The number of hydrogen-bond donors (Lipinski definition) is 2. The highest BCUT2D eigenvalue weighted by Gasteiger charge is 2.23. The minimum Gasteiger partial charge on any atom is -0.493 e. The molecule has 2 rings (SSSR count). The standard InChI is InChI=1S/C12H14Br2N4O/c1-18-12(10(19-2)6-16-18)11(17-15)8-4-3-7(13)5-9(8)14/h3-6,11,17H,15H2,1-2H3. The molecule has 19 heavy (non-hydrogen) atoms. The zero-order valence-corrected chi connectivity index (χ0v) is 13.7. The molecule has 0 aliphatic rings. The highest BCUT2D eigenvalue weighted by atomic mass is 79.9. The third-order valence-corrected chi connectivity index (χ3v) is 4.06. The first-order valence-corrected chi connectivity index (χ1v) is 7.14. The van der Waals surface area contributed by atoms with Crippen LogP contribution in [-0.2, 0) is 7.05 Å². The summed E-state index contributed by atoms with van der Waals surface area (Å²) in [6, 6.07) is 5.71. The Bertz CT molecular complexity index is 585. The number of nitrogens with two attached hydrogens (primary N) is 1. The average molecular weight is 390 g/mol. The summed E-state index contributed by atoms with van der Waals surface area (Å²) in [5.74, 6) is 6.41. The highest BCUT2D eigenvalue weighted by Crippen LogP contribution is 2.34. The second-order valence-corrected chi connectivity index (χ2v) is 5.76. The van der Waals surface area contributed by atoms with Gasteiger partial charge in [0.25, 0.3) is 0 Å². The highest BCUT2D eigenvalue weighted by molar-refractivity contribution is 9.11. The van der Waals surface area contributed by atoms with Crippen molar-refractivity contribution in [3.05, 3.63) is 44.6 Å². The van der Waals surface area contributed by atoms with Crippen LogP contribution in [0.25, 0.3) is 0 Å². The maximum Gasteiger partial charge on any atom is 0.161 e. The summed E-state index contributed by atoms with van der Waals surface area (Å²) in [7, 11) is 3.47. The SMILES string of the molecule is COc1cnn(C)c1C(NN)c1ccc(Br)cc1Br. The number of rotatable bonds is 4. The maximum atomic E-state index is 5.72. The van der Waals surface area contributed by atoms with Crippen molar-refractivity contribution in [3.8, 4) is 5.75 Å². The molecule has 0 amide bonds. The minimum atomic E-state index is -0.218. The van der Waals surface area contributed by atoms with Gasteiger partial charge in [0, 0.05) is 16.0 Å². The Balaban J connectivity index is 2.52. The van der Waals surface area contributed by atoms with Crippen LogP contribution in [0, 0.1) is 0 Å². The second-order valence-electron chi connectivity index (χ2n) is 3.99. The molecule has 0 bridgehead atoms. The summed E-state index contributed by atoms with van der Waals surface area (Å²) in [5.41, 5.74) is 4.69. The van der Waals surface area contributed by atoms with E-state index in [1.807, 2.05) is 25.2 Å². The Kier molecular flexibility index (Phi) is 4.62. The van der Waals surface area contributed by atoms with Gasteiger partial charge in [-0.05, 0) is 17.7 Å². The van der Waals surface area contributed by atoms with E-state index < -0.39 is 0 Å². The van der Waals surface area contributed by atoms with Gasteiger partial charge < -0.3 is 4.74 Å². The molecule has 2 aromatic rings. The number of methoxy groups -OCH3 is 1. The lowest BCUT2D eigenvalue weighted by atomic mass is 10.0. The molecule has 0 saturated heterocycles. The molecule has 3 N–H and O–H groups in total. The first kappa shape index (κ1) is 14.5. The van der Waals surface area contributed by atoms with Gasteiger partial charge >= 0.3 is 0 Å². The average Bonchev–Trinajstić information content (AvgIpc) is 2.74. The Morgan fingerprint density at radius 2 is 2.16 bits per heavy atom. The molecular formula is C12H14Br2N4O. The number of nitrogens with zero attached hydrogens (tertiary/aromatic N) is 2. The van der Waals surface area contributed by atoms with Gasteiger partial charge in [-0.3, -0.25) is 10.5 Å². The monoisotopic (exact) mass is 388 g/mol. The van der Waals surface area contributed by atoms with E-state index in [1.54, 1.807) is 18.0 Å². The van der Waals surface area contributed by atoms with E-state index in [0.717, 1.165) is 20.2 Å². The number of aromatic nitrogens is 2. The Morgan fingerprint density at radius 3 is 2.74 bits per heavy atom. The molecule has 0 spiro atoms. The van der Waals surface area contributed by atoms with Crippen LogP contribution >= 0.6 is 31.9 Å². The molecule has 0 fully saturated rings. The zero-order chi connectivity index (χ0) is 14.0. The van der Waals surface area contributed by atoms with Gasteiger partial charge in [0.05, 0.1) is 19.3 Å². The molecule has 0 radical (unpaired) electrons. The summed E-state index contributed by atoms with van der Waals surface area (Å²) in [6.07, 6.45) is 1.67. The van der Waals surface area contributed by atoms with Crippen molar-refractivity contribution in [1.29, 1.82) is 0 Å². The van der Waals surface area contributed by atoms with Gasteiger partial charge in [-0.2, -0.15) is 5.10 Å². The van der Waals surface area contributed by atoms with Crippen LogP contribution in [0.5, 0.6) is 5.75 Å². The van der Waals surface area contributed by atoms with Crippen LogP contribution < -0.4 is 16.0 Å². The number of aryl methyl sites for hydroxylation is 1. The molecule has 1 heterocycles. The molecule has 0 aliphatic heterocycles. The number of ether oxygens (including phenoxy) is 1. The van der Waals surface area contributed by atoms with E-state index in [0.29, 0.717) is 5.75 Å². The van der Waals surface area contributed by atoms with Crippen molar-refractivity contribution in [3.63, 3.8) is 0 Å². The van der Waals surface area contributed by atoms with E-state index in [1.165, 1.54) is 0 Å². The van der Waals surface area contributed by atoms with Crippen molar-refractivity contribution in [2.45, 2.75) is 6.04 Å². The fraction of sp³-hybridized carbons (Fsp3) is 0.250. The third kappa shape index (κ3) is 2.84. The lowest BCUT2D eigenvalue weighted by Gasteiger charge is -2.19. The first-order chi connectivity index (χ1) is 9.08. The summed E-state index contributed by atoms with van der Waals surface area (Å²) in [5, 5.41) is 4.20. The summed E-state index contributed by atoms with van der Waals surface area (Å²) < 4.78 is 9.03. The molecule has 102 valence electrons. The summed E-state index contributed by atoms with van der Waals surface area (Å²) in [4.78, 5) is 0. The number of halogens is 2. The molecule has 7 heteroatoms.